The summed E-state index contributed by atoms with van der Waals surface area (Å²) >= 11 is 0. The molecule has 0 heterocycles. The van der Waals surface area contributed by atoms with E-state index in [1.165, 1.54) is 0 Å². The van der Waals surface area contributed by atoms with Gasteiger partial charge in [-0.05, 0) is 16.7 Å². The summed E-state index contributed by atoms with van der Waals surface area (Å²) in [7, 11) is 0. The summed E-state index contributed by atoms with van der Waals surface area (Å²) in [5.41, 5.74) is 7.56. The van der Waals surface area contributed by atoms with E-state index < -0.39 is 5.91 Å². The molecule has 0 aromatic rings. The molecule has 0 aromatic heterocycles. The Morgan fingerprint density at radius 1 is 2.00 bits per heavy atom. The van der Waals surface area contributed by atoms with Gasteiger partial charge >= 0.3 is 0 Å². The molecule has 0 N–H and O–H groups in total. The van der Waals surface area contributed by atoms with Gasteiger partial charge in [-0.15, -0.1) is 0 Å². The topological polar surface area (TPSA) is 65.8 Å². The lowest BCUT2D eigenvalue weighted by Gasteiger charge is -1.66. The summed E-state index contributed by atoms with van der Waals surface area (Å²) in [4.78, 5) is 12.1. The summed E-state index contributed by atoms with van der Waals surface area (Å²) < 4.78 is 0. The predicted octanol–water partition coefficient (Wildman–Crippen LogP) is 1.01. The number of carbonyl (C=O) groups excluding carboxylic acids is 1. The monoisotopic (exact) mass is 97.0 g/mol. The van der Waals surface area contributed by atoms with E-state index in [1.54, 1.807) is 0 Å². The molecule has 0 saturated heterocycles. The highest BCUT2D eigenvalue weighted by atomic mass is 16.1. The Balaban J connectivity index is 3.82. The zero-order valence-electron chi connectivity index (χ0n) is 3.53. The maximum Gasteiger partial charge on any atom is 0.241 e. The SMILES string of the molecule is C=CC(=O)N=[N+]=[N-]. The number of hydrogen-bond donors (Lipinski definition) is 0. The summed E-state index contributed by atoms with van der Waals surface area (Å²) in [5, 5.41) is 2.67. The van der Waals surface area contributed by atoms with Crippen LogP contribution in [-0.2, 0) is 4.79 Å². The largest absolute Gasteiger partial charge is 0.288 e. The molecule has 0 atom stereocenters. The van der Waals surface area contributed by atoms with Crippen molar-refractivity contribution in [3.63, 3.8) is 0 Å². The second-order valence-electron chi connectivity index (χ2n) is 0.732. The molecule has 0 fully saturated rings. The molecule has 4 heteroatoms. The zero-order valence-corrected chi connectivity index (χ0v) is 3.53. The van der Waals surface area contributed by atoms with Crippen LogP contribution >= 0.6 is 0 Å². The molecule has 36 valence electrons. The fourth-order valence-electron chi connectivity index (χ4n) is 0.0849. The quantitative estimate of drug-likeness (QED) is 0.208. The zero-order chi connectivity index (χ0) is 5.70. The van der Waals surface area contributed by atoms with Crippen LogP contribution < -0.4 is 0 Å². The third kappa shape index (κ3) is 2.52. The average molecular weight is 97.1 g/mol. The van der Waals surface area contributed by atoms with Gasteiger partial charge in [-0.25, -0.2) is 0 Å². The van der Waals surface area contributed by atoms with Gasteiger partial charge in [-0.2, -0.15) is 0 Å². The van der Waals surface area contributed by atoms with Gasteiger partial charge in [0.05, 0.1) is 0 Å². The van der Waals surface area contributed by atoms with Crippen molar-refractivity contribution in [2.75, 3.05) is 0 Å². The van der Waals surface area contributed by atoms with Crippen LogP contribution in [0.25, 0.3) is 10.4 Å². The van der Waals surface area contributed by atoms with Crippen LogP contribution in [0.1, 0.15) is 0 Å². The van der Waals surface area contributed by atoms with Crippen molar-refractivity contribution >= 4 is 5.91 Å². The minimum Gasteiger partial charge on any atom is -0.288 e. The van der Waals surface area contributed by atoms with E-state index in [4.69, 9.17) is 5.53 Å². The van der Waals surface area contributed by atoms with Crippen molar-refractivity contribution in [1.29, 1.82) is 0 Å². The first-order chi connectivity index (χ1) is 3.31. The molecular weight excluding hydrogens is 94.1 g/mol. The molecule has 0 radical (unpaired) electrons. The molecule has 0 aliphatic heterocycles. The van der Waals surface area contributed by atoms with E-state index in [0.29, 0.717) is 0 Å². The number of hydrogen-bond acceptors (Lipinski definition) is 1. The van der Waals surface area contributed by atoms with Gasteiger partial charge in [0.1, 0.15) is 0 Å². The minimum absolute atomic E-state index is 0.650. The molecule has 0 aliphatic carbocycles. The molecule has 0 aromatic carbocycles. The van der Waals surface area contributed by atoms with Crippen molar-refractivity contribution in [1.82, 2.24) is 0 Å². The number of azide groups is 1. The molecule has 7 heavy (non-hydrogen) atoms. The second kappa shape index (κ2) is 2.93. The van der Waals surface area contributed by atoms with Gasteiger partial charge in [-0.1, -0.05) is 6.58 Å². The Hall–Kier alpha value is -1.28. The van der Waals surface area contributed by atoms with Crippen LogP contribution in [0.5, 0.6) is 0 Å². The van der Waals surface area contributed by atoms with Crippen molar-refractivity contribution in [3.05, 3.63) is 23.1 Å². The smallest absolute Gasteiger partial charge is 0.241 e. The maximum atomic E-state index is 9.87. The molecule has 1 amide bonds. The van der Waals surface area contributed by atoms with E-state index in [1.807, 2.05) is 0 Å². The maximum absolute atomic E-state index is 9.87. The van der Waals surface area contributed by atoms with Gasteiger partial charge in [-0.3, -0.25) is 4.79 Å². The highest BCUT2D eigenvalue weighted by Crippen LogP contribution is 1.72. The third-order valence-electron chi connectivity index (χ3n) is 0.318. The number of carbonyl (C=O) groups is 1. The lowest BCUT2D eigenvalue weighted by atomic mass is 10.6. The fraction of sp³-hybridized carbons (Fsp3) is 0. The number of rotatable bonds is 1. The van der Waals surface area contributed by atoms with Gasteiger partial charge in [0.15, 0.2) is 0 Å². The average Bonchev–Trinajstić information content (AvgIpc) is 1.68. The van der Waals surface area contributed by atoms with E-state index in [-0.39, 0.29) is 0 Å². The number of nitrogens with zero attached hydrogens (tertiary/aromatic N) is 3. The minimum atomic E-state index is -0.650. The fourth-order valence-corrected chi connectivity index (χ4v) is 0.0849. The first-order valence-electron chi connectivity index (χ1n) is 1.52. The van der Waals surface area contributed by atoms with Crippen molar-refractivity contribution in [2.24, 2.45) is 5.11 Å². The summed E-state index contributed by atoms with van der Waals surface area (Å²) in [6.07, 6.45) is 0.944. The predicted molar refractivity (Wildman–Crippen MR) is 24.3 cm³/mol. The molecule has 4 nitrogen and oxygen atoms in total. The molecular formula is C3H3N3O. The van der Waals surface area contributed by atoms with Crippen LogP contribution in [0, 0.1) is 0 Å². The Morgan fingerprint density at radius 2 is 2.57 bits per heavy atom. The van der Waals surface area contributed by atoms with Gasteiger partial charge < -0.3 is 0 Å². The first kappa shape index (κ1) is 5.72. The third-order valence-corrected chi connectivity index (χ3v) is 0.318. The first-order valence-corrected chi connectivity index (χ1v) is 1.52. The van der Waals surface area contributed by atoms with Crippen LogP contribution in [0.4, 0.5) is 0 Å². The van der Waals surface area contributed by atoms with Crippen LogP contribution in [-0.4, -0.2) is 5.91 Å². The van der Waals surface area contributed by atoms with E-state index in [2.05, 4.69) is 16.6 Å². The van der Waals surface area contributed by atoms with Crippen molar-refractivity contribution < 1.29 is 4.79 Å². The Bertz CT molecular complexity index is 133. The van der Waals surface area contributed by atoms with Gasteiger partial charge in [0, 0.05) is 4.91 Å². The Morgan fingerprint density at radius 3 is 2.71 bits per heavy atom. The van der Waals surface area contributed by atoms with Crippen LogP contribution in [0.2, 0.25) is 0 Å². The molecule has 0 unspecified atom stereocenters. The summed E-state index contributed by atoms with van der Waals surface area (Å²) in [5.74, 6) is -0.650. The molecule has 0 rings (SSSR count). The lowest BCUT2D eigenvalue weighted by Crippen LogP contribution is -1.78. The molecule has 0 saturated carbocycles. The van der Waals surface area contributed by atoms with Crippen LogP contribution in [0.3, 0.4) is 0 Å². The Labute approximate surface area is 40.1 Å². The van der Waals surface area contributed by atoms with E-state index in [9.17, 15) is 4.79 Å². The second-order valence-corrected chi connectivity index (χ2v) is 0.732. The highest BCUT2D eigenvalue weighted by molar-refractivity contribution is 5.87. The van der Waals surface area contributed by atoms with E-state index >= 15 is 0 Å². The Kier molecular flexibility index (Phi) is 2.40. The van der Waals surface area contributed by atoms with Crippen molar-refractivity contribution in [2.45, 2.75) is 0 Å². The van der Waals surface area contributed by atoms with Crippen molar-refractivity contribution in [3.8, 4) is 0 Å². The summed E-state index contributed by atoms with van der Waals surface area (Å²) in [6.45, 7) is 3.06. The highest BCUT2D eigenvalue weighted by Gasteiger charge is 1.80. The van der Waals surface area contributed by atoms with E-state index in [0.717, 1.165) is 6.08 Å². The lowest BCUT2D eigenvalue weighted by molar-refractivity contribution is -0.113. The van der Waals surface area contributed by atoms with Crippen LogP contribution in [0.15, 0.2) is 17.8 Å². The molecule has 0 aliphatic rings. The molecule has 0 bridgehead atoms. The van der Waals surface area contributed by atoms with Gasteiger partial charge in [0.25, 0.3) is 0 Å². The standard InChI is InChI=1S/C3H3N3O/c1-2-3(7)5-6-4/h2H,1H2. The number of amides is 1. The molecule has 0 spiro atoms. The van der Waals surface area contributed by atoms with Gasteiger partial charge in [0.2, 0.25) is 5.91 Å². The summed E-state index contributed by atoms with van der Waals surface area (Å²) in [6, 6.07) is 0. The normalized spacial score (nSPS) is 6.29.